The van der Waals surface area contributed by atoms with Crippen LogP contribution >= 0.6 is 0 Å². The van der Waals surface area contributed by atoms with Gasteiger partial charge in [-0.3, -0.25) is 4.79 Å². The summed E-state index contributed by atoms with van der Waals surface area (Å²) in [5.74, 6) is 0.567. The zero-order valence-electron chi connectivity index (χ0n) is 12.5. The van der Waals surface area contributed by atoms with Gasteiger partial charge in [-0.15, -0.1) is 0 Å². The van der Waals surface area contributed by atoms with Gasteiger partial charge < -0.3 is 15.1 Å². The average molecular weight is 277 g/mol. The number of nitrogens with one attached hydrogen (secondary N) is 1. The molecule has 1 N–H and O–H groups in total. The Bertz CT molecular complexity index is 445. The van der Waals surface area contributed by atoms with Crippen molar-refractivity contribution in [1.82, 2.24) is 19.8 Å². The molecule has 0 aromatic carbocycles. The number of hydrogen-bond donors (Lipinski definition) is 1. The maximum atomic E-state index is 12.4. The van der Waals surface area contributed by atoms with E-state index in [0.717, 1.165) is 32.4 Å². The van der Waals surface area contributed by atoms with Crippen molar-refractivity contribution < 1.29 is 4.79 Å². The van der Waals surface area contributed by atoms with Crippen LogP contribution in [0.3, 0.4) is 0 Å². The lowest BCUT2D eigenvalue weighted by Crippen LogP contribution is -2.34. The van der Waals surface area contributed by atoms with Crippen molar-refractivity contribution in [2.24, 2.45) is 0 Å². The molecule has 6 nitrogen and oxygen atoms in total. The fourth-order valence-electron chi connectivity index (χ4n) is 2.55. The van der Waals surface area contributed by atoms with Crippen LogP contribution in [0.1, 0.15) is 29.6 Å². The lowest BCUT2D eigenvalue weighted by atomic mass is 10.1. The van der Waals surface area contributed by atoms with E-state index in [1.54, 1.807) is 19.4 Å². The van der Waals surface area contributed by atoms with Gasteiger partial charge in [-0.25, -0.2) is 9.97 Å². The molecule has 1 atom stereocenters. The first-order chi connectivity index (χ1) is 9.61. The maximum Gasteiger partial charge on any atom is 0.256 e. The molecule has 1 aromatic rings. The Hall–Kier alpha value is -1.69. The van der Waals surface area contributed by atoms with Crippen LogP contribution in [-0.2, 0) is 0 Å². The van der Waals surface area contributed by atoms with Gasteiger partial charge in [0.25, 0.3) is 5.91 Å². The number of aromatic nitrogens is 2. The number of carbonyl (C=O) groups is 1. The Balaban J connectivity index is 2.01. The van der Waals surface area contributed by atoms with Gasteiger partial charge in [0.05, 0.1) is 5.56 Å². The molecule has 110 valence electrons. The minimum Gasteiger partial charge on any atom is -0.357 e. The lowest BCUT2D eigenvalue weighted by Gasteiger charge is -2.23. The van der Waals surface area contributed by atoms with E-state index in [9.17, 15) is 4.79 Å². The number of anilines is 1. The number of amides is 1. The third-order valence-corrected chi connectivity index (χ3v) is 3.84. The highest BCUT2D eigenvalue weighted by Gasteiger charge is 2.22. The third kappa shape index (κ3) is 3.45. The Morgan fingerprint density at radius 3 is 2.60 bits per heavy atom. The molecule has 0 saturated carbocycles. The van der Waals surface area contributed by atoms with Crippen LogP contribution in [0.4, 0.5) is 5.95 Å². The largest absolute Gasteiger partial charge is 0.357 e. The van der Waals surface area contributed by atoms with Crippen molar-refractivity contribution >= 4 is 11.9 Å². The van der Waals surface area contributed by atoms with Crippen LogP contribution in [0.25, 0.3) is 0 Å². The molecule has 0 radical (unpaired) electrons. The molecule has 1 aliphatic rings. The molecule has 2 rings (SSSR count). The molecule has 6 heteroatoms. The molecule has 20 heavy (non-hydrogen) atoms. The van der Waals surface area contributed by atoms with E-state index in [0.29, 0.717) is 17.6 Å². The van der Waals surface area contributed by atoms with E-state index < -0.39 is 0 Å². The van der Waals surface area contributed by atoms with Gasteiger partial charge in [0.2, 0.25) is 5.95 Å². The van der Waals surface area contributed by atoms with Crippen LogP contribution in [0.2, 0.25) is 0 Å². The van der Waals surface area contributed by atoms with Crippen molar-refractivity contribution in [1.29, 1.82) is 0 Å². The summed E-state index contributed by atoms with van der Waals surface area (Å²) >= 11 is 0. The monoisotopic (exact) mass is 277 g/mol. The summed E-state index contributed by atoms with van der Waals surface area (Å²) in [5.41, 5.74) is 0.562. The Labute approximate surface area is 120 Å². The summed E-state index contributed by atoms with van der Waals surface area (Å²) in [5, 5.41) is 2.85. The van der Waals surface area contributed by atoms with Crippen molar-refractivity contribution in [3.63, 3.8) is 0 Å². The first-order valence-corrected chi connectivity index (χ1v) is 7.07. The molecule has 1 unspecified atom stereocenters. The van der Waals surface area contributed by atoms with Gasteiger partial charge in [0.15, 0.2) is 0 Å². The minimum atomic E-state index is 0.0343. The summed E-state index contributed by atoms with van der Waals surface area (Å²) in [6.45, 7) is 1.62. The fourth-order valence-corrected chi connectivity index (χ4v) is 2.55. The van der Waals surface area contributed by atoms with Gasteiger partial charge in [-0.1, -0.05) is 0 Å². The SMILES string of the molecule is CNc1ncc(C(=O)N2CCCC(N(C)C)CC2)cn1. The van der Waals surface area contributed by atoms with Crippen LogP contribution < -0.4 is 5.32 Å². The first-order valence-electron chi connectivity index (χ1n) is 7.07. The number of nitrogens with zero attached hydrogens (tertiary/aromatic N) is 4. The third-order valence-electron chi connectivity index (χ3n) is 3.84. The zero-order chi connectivity index (χ0) is 14.5. The Kier molecular flexibility index (Phi) is 4.89. The van der Waals surface area contributed by atoms with Gasteiger partial charge in [0.1, 0.15) is 0 Å². The lowest BCUT2D eigenvalue weighted by molar-refractivity contribution is 0.0758. The standard InChI is InChI=1S/C14H23N5O/c1-15-14-16-9-11(10-17-14)13(20)19-7-4-5-12(6-8-19)18(2)3/h9-10,12H,4-8H2,1-3H3,(H,15,16,17). The normalized spacial score (nSPS) is 19.8. The molecule has 1 aliphatic heterocycles. The van der Waals surface area contributed by atoms with E-state index in [1.807, 2.05) is 4.90 Å². The van der Waals surface area contributed by atoms with Crippen molar-refractivity contribution in [3.05, 3.63) is 18.0 Å². The summed E-state index contributed by atoms with van der Waals surface area (Å²) in [4.78, 5) is 24.8. The molecule has 0 bridgehead atoms. The second kappa shape index (κ2) is 6.65. The number of rotatable bonds is 3. The Morgan fingerprint density at radius 2 is 2.00 bits per heavy atom. The van der Waals surface area contributed by atoms with Gasteiger partial charge >= 0.3 is 0 Å². The van der Waals surface area contributed by atoms with E-state index >= 15 is 0 Å². The van der Waals surface area contributed by atoms with E-state index in [1.165, 1.54) is 0 Å². The molecular formula is C14H23N5O. The maximum absolute atomic E-state index is 12.4. The molecule has 1 aromatic heterocycles. The quantitative estimate of drug-likeness (QED) is 0.895. The highest BCUT2D eigenvalue weighted by atomic mass is 16.2. The van der Waals surface area contributed by atoms with Gasteiger partial charge in [-0.05, 0) is 33.4 Å². The van der Waals surface area contributed by atoms with Gasteiger partial charge in [-0.2, -0.15) is 0 Å². The highest BCUT2D eigenvalue weighted by Crippen LogP contribution is 2.16. The predicted molar refractivity (Wildman–Crippen MR) is 78.8 cm³/mol. The van der Waals surface area contributed by atoms with Crippen molar-refractivity contribution in [2.45, 2.75) is 25.3 Å². The van der Waals surface area contributed by atoms with Crippen molar-refractivity contribution in [2.75, 3.05) is 39.5 Å². The van der Waals surface area contributed by atoms with Crippen LogP contribution in [0.15, 0.2) is 12.4 Å². The molecular weight excluding hydrogens is 254 g/mol. The summed E-state index contributed by atoms with van der Waals surface area (Å²) in [7, 11) is 5.96. The Morgan fingerprint density at radius 1 is 1.30 bits per heavy atom. The second-order valence-electron chi connectivity index (χ2n) is 5.39. The summed E-state index contributed by atoms with van der Waals surface area (Å²) in [6.07, 6.45) is 6.40. The summed E-state index contributed by atoms with van der Waals surface area (Å²) in [6, 6.07) is 0.565. The van der Waals surface area contributed by atoms with Crippen LogP contribution in [0, 0.1) is 0 Å². The predicted octanol–water partition coefficient (Wildman–Crippen LogP) is 1.07. The average Bonchev–Trinajstić information content (AvgIpc) is 2.72. The molecule has 1 fully saturated rings. The fraction of sp³-hybridized carbons (Fsp3) is 0.643. The highest BCUT2D eigenvalue weighted by molar-refractivity contribution is 5.93. The van der Waals surface area contributed by atoms with E-state index in [-0.39, 0.29) is 5.91 Å². The van der Waals surface area contributed by atoms with Crippen LogP contribution in [0.5, 0.6) is 0 Å². The van der Waals surface area contributed by atoms with Gasteiger partial charge in [0, 0.05) is 38.6 Å². The molecule has 2 heterocycles. The molecule has 0 aliphatic carbocycles. The van der Waals surface area contributed by atoms with Crippen LogP contribution in [-0.4, -0.2) is 65.9 Å². The number of likely N-dealkylation sites (tertiary alicyclic amines) is 1. The smallest absolute Gasteiger partial charge is 0.256 e. The zero-order valence-corrected chi connectivity index (χ0v) is 12.5. The van der Waals surface area contributed by atoms with E-state index in [4.69, 9.17) is 0 Å². The van der Waals surface area contributed by atoms with E-state index in [2.05, 4.69) is 34.3 Å². The number of hydrogen-bond acceptors (Lipinski definition) is 5. The molecule has 1 amide bonds. The number of carbonyl (C=O) groups excluding carboxylic acids is 1. The second-order valence-corrected chi connectivity index (χ2v) is 5.39. The topological polar surface area (TPSA) is 61.4 Å². The first kappa shape index (κ1) is 14.7. The molecule has 1 saturated heterocycles. The minimum absolute atomic E-state index is 0.0343. The van der Waals surface area contributed by atoms with Crippen molar-refractivity contribution in [3.8, 4) is 0 Å². The molecule has 0 spiro atoms. The summed E-state index contributed by atoms with van der Waals surface area (Å²) < 4.78 is 0.